The summed E-state index contributed by atoms with van der Waals surface area (Å²) in [4.78, 5) is 20.4. The van der Waals surface area contributed by atoms with Crippen molar-refractivity contribution in [3.05, 3.63) is 71.8 Å². The van der Waals surface area contributed by atoms with Crippen molar-refractivity contribution in [3.63, 3.8) is 0 Å². The standard InChI is InChI=1S/2C7H6O2.Pb.2H/c2*8-7(9)6-4-2-1-3-5-6;;;/h2*1-5H,(H,8,9);;;. The van der Waals surface area contributed by atoms with Gasteiger partial charge in [-0.25, -0.2) is 9.59 Å². The van der Waals surface area contributed by atoms with E-state index in [9.17, 15) is 9.59 Å². The second-order valence-electron chi connectivity index (χ2n) is 3.34. The minimum absolute atomic E-state index is 0. The summed E-state index contributed by atoms with van der Waals surface area (Å²) in [5.41, 5.74) is 0.662. The average molecular weight is 453 g/mol. The van der Waals surface area contributed by atoms with Gasteiger partial charge in [0.25, 0.3) is 0 Å². The Balaban J connectivity index is 0.000000324. The molecule has 0 amide bonds. The summed E-state index contributed by atoms with van der Waals surface area (Å²) in [6.07, 6.45) is 0. The molecule has 0 aliphatic heterocycles. The van der Waals surface area contributed by atoms with Gasteiger partial charge < -0.3 is 10.2 Å². The molecule has 0 atom stereocenters. The Bertz CT molecular complexity index is 462. The second kappa shape index (κ2) is 9.26. The quantitative estimate of drug-likeness (QED) is 0.681. The Kier molecular flexibility index (Phi) is 8.43. The van der Waals surface area contributed by atoms with E-state index in [0.29, 0.717) is 11.1 Å². The van der Waals surface area contributed by atoms with Crippen LogP contribution in [0.2, 0.25) is 0 Å². The summed E-state index contributed by atoms with van der Waals surface area (Å²) >= 11 is 0. The topological polar surface area (TPSA) is 74.6 Å². The van der Waals surface area contributed by atoms with Gasteiger partial charge in [-0.05, 0) is 24.3 Å². The molecule has 5 heteroatoms. The van der Waals surface area contributed by atoms with Crippen LogP contribution in [0.3, 0.4) is 0 Å². The first-order valence-electron chi connectivity index (χ1n) is 5.18. The molecular weight excluding hydrogens is 439 g/mol. The molecular formula is C14H14O4Pb. The summed E-state index contributed by atoms with van der Waals surface area (Å²) in [6, 6.07) is 16.6. The van der Waals surface area contributed by atoms with E-state index in [1.807, 2.05) is 0 Å². The zero-order valence-corrected chi connectivity index (χ0v) is 15.7. The number of rotatable bonds is 2. The molecule has 2 N–H and O–H groups in total. The van der Waals surface area contributed by atoms with Gasteiger partial charge in [0.1, 0.15) is 0 Å². The van der Waals surface area contributed by atoms with Gasteiger partial charge in [-0.1, -0.05) is 36.4 Å². The van der Waals surface area contributed by atoms with E-state index in [-0.39, 0.29) is 27.3 Å². The Morgan fingerprint density at radius 1 is 0.632 bits per heavy atom. The molecule has 0 heterocycles. The molecule has 2 aromatic carbocycles. The van der Waals surface area contributed by atoms with Gasteiger partial charge in [-0.15, -0.1) is 0 Å². The molecule has 0 spiro atoms. The maximum atomic E-state index is 10.2. The van der Waals surface area contributed by atoms with Gasteiger partial charge in [-0.2, -0.15) is 0 Å². The average Bonchev–Trinajstić information content (AvgIpc) is 2.41. The Morgan fingerprint density at radius 2 is 0.895 bits per heavy atom. The predicted octanol–water partition coefficient (Wildman–Crippen LogP) is 1.85. The first-order chi connectivity index (χ1) is 8.61. The molecule has 2 aromatic rings. The molecule has 0 aromatic heterocycles. The van der Waals surface area contributed by atoms with Gasteiger partial charge in [0.05, 0.1) is 11.1 Å². The van der Waals surface area contributed by atoms with Crippen LogP contribution in [0, 0.1) is 0 Å². The van der Waals surface area contributed by atoms with E-state index < -0.39 is 11.9 Å². The van der Waals surface area contributed by atoms with Crippen molar-refractivity contribution in [1.29, 1.82) is 0 Å². The van der Waals surface area contributed by atoms with Crippen LogP contribution in [0.25, 0.3) is 0 Å². The number of aromatic carboxylic acids is 2. The second-order valence-corrected chi connectivity index (χ2v) is 3.34. The molecule has 0 aliphatic carbocycles. The van der Waals surface area contributed by atoms with Crippen LogP contribution < -0.4 is 0 Å². The van der Waals surface area contributed by atoms with Crippen LogP contribution in [0.1, 0.15) is 20.7 Å². The number of hydrogen-bond donors (Lipinski definition) is 2. The number of carboxylic acid groups (broad SMARTS) is 2. The first kappa shape index (κ1) is 17.3. The normalized spacial score (nSPS) is 8.42. The third-order valence-electron chi connectivity index (χ3n) is 2.04. The van der Waals surface area contributed by atoms with Crippen molar-refractivity contribution in [1.82, 2.24) is 0 Å². The predicted molar refractivity (Wildman–Crippen MR) is 75.3 cm³/mol. The zero-order chi connectivity index (χ0) is 13.4. The molecule has 4 nitrogen and oxygen atoms in total. The van der Waals surface area contributed by atoms with Gasteiger partial charge in [0, 0.05) is 0 Å². The number of benzene rings is 2. The van der Waals surface area contributed by atoms with Gasteiger partial charge in [0.2, 0.25) is 0 Å². The molecule has 19 heavy (non-hydrogen) atoms. The molecule has 0 saturated carbocycles. The molecule has 98 valence electrons. The summed E-state index contributed by atoms with van der Waals surface area (Å²) in [5.74, 6) is -1.76. The summed E-state index contributed by atoms with van der Waals surface area (Å²) < 4.78 is 0. The van der Waals surface area contributed by atoms with E-state index in [4.69, 9.17) is 10.2 Å². The fraction of sp³-hybridized carbons (Fsp3) is 0. The minimum atomic E-state index is -0.879. The third-order valence-corrected chi connectivity index (χ3v) is 2.04. The van der Waals surface area contributed by atoms with E-state index in [1.54, 1.807) is 60.7 Å². The molecule has 0 unspecified atom stereocenters. The van der Waals surface area contributed by atoms with Crippen LogP contribution in [-0.2, 0) is 0 Å². The zero-order valence-electron chi connectivity index (χ0n) is 10.2. The van der Waals surface area contributed by atoms with E-state index >= 15 is 0 Å². The van der Waals surface area contributed by atoms with Crippen molar-refractivity contribution in [3.8, 4) is 0 Å². The molecule has 2 radical (unpaired) electrons. The number of carboxylic acids is 2. The molecule has 0 fully saturated rings. The number of carbonyl (C=O) groups is 2. The van der Waals surface area contributed by atoms with Crippen molar-refractivity contribution in [2.24, 2.45) is 0 Å². The molecule has 0 saturated heterocycles. The van der Waals surface area contributed by atoms with Gasteiger partial charge in [-0.3, -0.25) is 0 Å². The SMILES string of the molecule is O=C(O)c1ccccc1.O=C(O)c1ccccc1.[PbH2]. The van der Waals surface area contributed by atoms with E-state index in [1.165, 1.54) is 0 Å². The van der Waals surface area contributed by atoms with Crippen molar-refractivity contribution in [2.75, 3.05) is 0 Å². The van der Waals surface area contributed by atoms with E-state index in [2.05, 4.69) is 0 Å². The summed E-state index contributed by atoms with van der Waals surface area (Å²) in [5, 5.41) is 16.8. The Morgan fingerprint density at radius 3 is 1.05 bits per heavy atom. The summed E-state index contributed by atoms with van der Waals surface area (Å²) in [6.45, 7) is 0. The van der Waals surface area contributed by atoms with Crippen LogP contribution in [0.15, 0.2) is 60.7 Å². The van der Waals surface area contributed by atoms with Crippen molar-refractivity contribution >= 4 is 39.2 Å². The Hall–Kier alpha value is -1.70. The van der Waals surface area contributed by atoms with E-state index in [0.717, 1.165) is 0 Å². The summed E-state index contributed by atoms with van der Waals surface area (Å²) in [7, 11) is 0. The molecule has 0 aliphatic rings. The first-order valence-corrected chi connectivity index (χ1v) is 5.18. The third kappa shape index (κ3) is 6.70. The van der Waals surface area contributed by atoms with Crippen molar-refractivity contribution in [2.45, 2.75) is 0 Å². The fourth-order valence-corrected chi connectivity index (χ4v) is 1.16. The Labute approximate surface area is 130 Å². The van der Waals surface area contributed by atoms with Crippen LogP contribution in [0.4, 0.5) is 0 Å². The van der Waals surface area contributed by atoms with Gasteiger partial charge >= 0.3 is 39.2 Å². The van der Waals surface area contributed by atoms with Crippen LogP contribution >= 0.6 is 0 Å². The monoisotopic (exact) mass is 454 g/mol. The van der Waals surface area contributed by atoms with Crippen LogP contribution in [-0.4, -0.2) is 49.5 Å². The maximum absolute atomic E-state index is 10.2. The van der Waals surface area contributed by atoms with Crippen LogP contribution in [0.5, 0.6) is 0 Å². The van der Waals surface area contributed by atoms with Gasteiger partial charge in [0.15, 0.2) is 0 Å². The number of hydrogen-bond acceptors (Lipinski definition) is 2. The molecule has 0 bridgehead atoms. The van der Waals surface area contributed by atoms with Crippen molar-refractivity contribution < 1.29 is 19.8 Å². The fourth-order valence-electron chi connectivity index (χ4n) is 1.16. The molecule has 2 rings (SSSR count).